The Morgan fingerprint density at radius 3 is 2.36 bits per heavy atom. The van der Waals surface area contributed by atoms with Gasteiger partial charge in [-0.2, -0.15) is 5.10 Å². The number of hydrogen-bond acceptors (Lipinski definition) is 9. The molecule has 1 aliphatic rings. The molecule has 50 heavy (non-hydrogen) atoms. The highest BCUT2D eigenvalue weighted by Gasteiger charge is 2.34. The summed E-state index contributed by atoms with van der Waals surface area (Å²) < 4.78 is 20.1. The minimum Gasteiger partial charge on any atom is -0.494 e. The van der Waals surface area contributed by atoms with Crippen molar-refractivity contribution in [2.45, 2.75) is 40.2 Å². The van der Waals surface area contributed by atoms with Gasteiger partial charge in [0.15, 0.2) is 4.80 Å². The van der Waals surface area contributed by atoms with Crippen molar-refractivity contribution in [2.75, 3.05) is 20.3 Å². The van der Waals surface area contributed by atoms with Gasteiger partial charge in [0.1, 0.15) is 11.4 Å². The van der Waals surface area contributed by atoms with Crippen LogP contribution in [-0.2, 0) is 14.3 Å². The van der Waals surface area contributed by atoms with E-state index in [-0.39, 0.29) is 23.7 Å². The molecule has 0 aliphatic carbocycles. The molecule has 10 nitrogen and oxygen atoms in total. The zero-order valence-corrected chi connectivity index (χ0v) is 29.4. The molecule has 1 unspecified atom stereocenters. The van der Waals surface area contributed by atoms with Crippen LogP contribution in [0.5, 0.6) is 5.75 Å². The van der Waals surface area contributed by atoms with Gasteiger partial charge in [-0.3, -0.25) is 9.36 Å². The van der Waals surface area contributed by atoms with Crippen LogP contribution in [0.4, 0.5) is 0 Å². The van der Waals surface area contributed by atoms with E-state index in [9.17, 15) is 14.4 Å². The predicted molar refractivity (Wildman–Crippen MR) is 192 cm³/mol. The third-order valence-electron chi connectivity index (χ3n) is 8.09. The number of ether oxygens (including phenoxy) is 3. The summed E-state index contributed by atoms with van der Waals surface area (Å²) in [5, 5.41) is 4.93. The summed E-state index contributed by atoms with van der Waals surface area (Å²) in [5.41, 5.74) is 4.51. The molecule has 0 amide bonds. The summed E-state index contributed by atoms with van der Waals surface area (Å²) in [6, 6.07) is 23.3. The van der Waals surface area contributed by atoms with Gasteiger partial charge in [-0.25, -0.2) is 19.3 Å². The molecule has 2 aromatic heterocycles. The number of benzene rings is 3. The number of para-hydroxylation sites is 1. The fourth-order valence-electron chi connectivity index (χ4n) is 5.64. The molecule has 5 aromatic rings. The van der Waals surface area contributed by atoms with E-state index < -0.39 is 18.0 Å². The molecule has 3 aromatic carbocycles. The average Bonchev–Trinajstić information content (AvgIpc) is 3.69. The van der Waals surface area contributed by atoms with Crippen LogP contribution < -0.4 is 19.6 Å². The Balaban J connectivity index is 1.50. The Morgan fingerprint density at radius 1 is 0.980 bits per heavy atom. The van der Waals surface area contributed by atoms with E-state index in [1.807, 2.05) is 80.7 Å². The lowest BCUT2D eigenvalue weighted by atomic mass is 9.95. The third kappa shape index (κ3) is 7.09. The largest absolute Gasteiger partial charge is 0.494 e. The maximum absolute atomic E-state index is 14.4. The van der Waals surface area contributed by atoms with Gasteiger partial charge < -0.3 is 14.2 Å². The molecular weight excluding hydrogens is 653 g/mol. The number of carbonyl (C=O) groups excluding carboxylic acids is 2. The number of carbonyl (C=O) groups is 2. The SMILES string of the molecule is CCCOc1ccc(-c2nn(-c3ccccc3)cc2C=c2sc3n(c2=O)C(c2ccc(C(=O)OC)cc2)C(C(=O)OCC(C)C)=C(C)N=3)cc1. The maximum atomic E-state index is 14.4. The van der Waals surface area contributed by atoms with Gasteiger partial charge >= 0.3 is 11.9 Å². The first-order chi connectivity index (χ1) is 24.2. The zero-order chi connectivity index (χ0) is 35.4. The summed E-state index contributed by atoms with van der Waals surface area (Å²) >= 11 is 1.23. The Morgan fingerprint density at radius 2 is 1.70 bits per heavy atom. The topological polar surface area (TPSA) is 114 Å². The number of nitrogens with zero attached hydrogens (tertiary/aromatic N) is 4. The van der Waals surface area contributed by atoms with Crippen molar-refractivity contribution in [3.8, 4) is 22.7 Å². The van der Waals surface area contributed by atoms with Gasteiger partial charge in [0.2, 0.25) is 0 Å². The third-order valence-corrected chi connectivity index (χ3v) is 9.07. The summed E-state index contributed by atoms with van der Waals surface area (Å²) in [5.74, 6) is -0.150. The van der Waals surface area contributed by atoms with E-state index in [4.69, 9.17) is 24.3 Å². The van der Waals surface area contributed by atoms with E-state index in [1.54, 1.807) is 35.9 Å². The molecule has 1 atom stereocenters. The summed E-state index contributed by atoms with van der Waals surface area (Å²) in [7, 11) is 1.31. The van der Waals surface area contributed by atoms with Gasteiger partial charge in [-0.1, -0.05) is 62.4 Å². The molecule has 0 saturated carbocycles. The number of fused-ring (bicyclic) bond motifs is 1. The molecule has 11 heteroatoms. The molecule has 0 N–H and O–H groups in total. The number of thiazole rings is 1. The summed E-state index contributed by atoms with van der Waals surface area (Å²) in [4.78, 5) is 45.4. The first kappa shape index (κ1) is 34.3. The van der Waals surface area contributed by atoms with Crippen LogP contribution >= 0.6 is 11.3 Å². The number of esters is 2. The molecule has 6 rings (SSSR count). The highest BCUT2D eigenvalue weighted by atomic mass is 32.1. The first-order valence-electron chi connectivity index (χ1n) is 16.4. The minimum absolute atomic E-state index is 0.116. The van der Waals surface area contributed by atoms with Crippen molar-refractivity contribution in [3.63, 3.8) is 0 Å². The summed E-state index contributed by atoms with van der Waals surface area (Å²) in [6.45, 7) is 8.55. The number of allylic oxidation sites excluding steroid dienone is 1. The Kier molecular flexibility index (Phi) is 10.2. The van der Waals surface area contributed by atoms with E-state index >= 15 is 0 Å². The van der Waals surface area contributed by atoms with Gasteiger partial charge in [-0.05, 0) is 79.4 Å². The van der Waals surface area contributed by atoms with Crippen molar-refractivity contribution >= 4 is 29.4 Å². The molecule has 3 heterocycles. The summed E-state index contributed by atoms with van der Waals surface area (Å²) in [6.07, 6.45) is 4.62. The molecule has 0 fully saturated rings. The van der Waals surface area contributed by atoms with E-state index in [2.05, 4.69) is 6.92 Å². The van der Waals surface area contributed by atoms with Crippen LogP contribution in [0, 0.1) is 5.92 Å². The second kappa shape index (κ2) is 14.9. The number of aromatic nitrogens is 3. The molecule has 1 aliphatic heterocycles. The lowest BCUT2D eigenvalue weighted by Crippen LogP contribution is -2.40. The smallest absolute Gasteiger partial charge is 0.338 e. The lowest BCUT2D eigenvalue weighted by molar-refractivity contribution is -0.140. The van der Waals surface area contributed by atoms with Crippen LogP contribution in [0.15, 0.2) is 106 Å². The molecule has 256 valence electrons. The van der Waals surface area contributed by atoms with Gasteiger partial charge in [0, 0.05) is 17.3 Å². The fraction of sp³-hybridized carbons (Fsp3) is 0.256. The number of hydrogen-bond donors (Lipinski definition) is 0. The van der Waals surface area contributed by atoms with Gasteiger partial charge in [0.05, 0.1) is 53.4 Å². The Labute approximate surface area is 293 Å². The normalized spacial score (nSPS) is 14.4. The van der Waals surface area contributed by atoms with Crippen molar-refractivity contribution in [1.82, 2.24) is 14.3 Å². The molecular formula is C39H38N4O6S. The van der Waals surface area contributed by atoms with E-state index in [0.717, 1.165) is 29.0 Å². The van der Waals surface area contributed by atoms with Crippen molar-refractivity contribution < 1.29 is 23.8 Å². The molecule has 0 bridgehead atoms. The lowest BCUT2D eigenvalue weighted by Gasteiger charge is -2.25. The minimum atomic E-state index is -0.832. The van der Waals surface area contributed by atoms with Crippen molar-refractivity contribution in [2.24, 2.45) is 10.9 Å². The molecule has 0 spiro atoms. The maximum Gasteiger partial charge on any atom is 0.338 e. The average molecular weight is 691 g/mol. The monoisotopic (exact) mass is 690 g/mol. The van der Waals surface area contributed by atoms with Crippen LogP contribution in [-0.4, -0.2) is 46.6 Å². The second-order valence-corrected chi connectivity index (χ2v) is 13.3. The van der Waals surface area contributed by atoms with Gasteiger partial charge in [0.25, 0.3) is 5.56 Å². The van der Waals surface area contributed by atoms with Crippen LogP contribution in [0.3, 0.4) is 0 Å². The van der Waals surface area contributed by atoms with Gasteiger partial charge in [-0.15, -0.1) is 0 Å². The Bertz CT molecular complexity index is 2230. The van der Waals surface area contributed by atoms with Crippen LogP contribution in [0.25, 0.3) is 23.0 Å². The van der Waals surface area contributed by atoms with E-state index in [1.165, 1.54) is 23.0 Å². The van der Waals surface area contributed by atoms with Crippen molar-refractivity contribution in [1.29, 1.82) is 0 Å². The predicted octanol–water partition coefficient (Wildman–Crippen LogP) is 5.86. The number of methoxy groups -OCH3 is 1. The molecule has 0 saturated heterocycles. The van der Waals surface area contributed by atoms with E-state index in [0.29, 0.717) is 38.5 Å². The number of rotatable bonds is 11. The Hall–Kier alpha value is -5.55. The zero-order valence-electron chi connectivity index (χ0n) is 28.6. The van der Waals surface area contributed by atoms with Crippen LogP contribution in [0.1, 0.15) is 61.6 Å². The first-order valence-corrected chi connectivity index (χ1v) is 17.3. The quantitative estimate of drug-likeness (QED) is 0.160. The fourth-order valence-corrected chi connectivity index (χ4v) is 6.68. The molecule has 0 radical (unpaired) electrons. The van der Waals surface area contributed by atoms with Crippen LogP contribution in [0.2, 0.25) is 0 Å². The second-order valence-electron chi connectivity index (χ2n) is 12.3. The van der Waals surface area contributed by atoms with Crippen molar-refractivity contribution in [3.05, 3.63) is 133 Å². The highest BCUT2D eigenvalue weighted by Crippen LogP contribution is 2.32. The highest BCUT2D eigenvalue weighted by molar-refractivity contribution is 7.07. The standard InChI is InChI=1S/C39H38N4O6S/c1-6-20-48-31-18-16-26(17-19-31)34-29(22-42(41-34)30-10-8-7-9-11-30)21-32-36(44)43-35(27-12-14-28(15-13-27)37(45)47-5)33(25(4)40-39(43)50-32)38(46)49-23-24(2)3/h7-19,21-22,24,35H,6,20,23H2,1-5H3.